The van der Waals surface area contributed by atoms with Gasteiger partial charge >= 0.3 is 0 Å². The average Bonchev–Trinajstić information content (AvgIpc) is 2.85. The van der Waals surface area contributed by atoms with Crippen LogP contribution in [0.2, 0.25) is 10.0 Å². The molecular weight excluding hydrogens is 327 g/mol. The molecule has 0 fully saturated rings. The fraction of sp³-hybridized carbons (Fsp3) is 0.158. The summed E-state index contributed by atoms with van der Waals surface area (Å²) in [6.45, 7) is 2.94. The van der Waals surface area contributed by atoms with Crippen LogP contribution in [0.15, 0.2) is 54.6 Å². The standard InChI is InChI=1S/C19H18Cl2N2/c1-13-14(12-22-2)10-19(17-9-8-15(20)11-18(17)21)23(13)16-6-4-3-5-7-16/h3-11,22H,12H2,1-2H3. The van der Waals surface area contributed by atoms with E-state index in [2.05, 4.69) is 35.0 Å². The Bertz CT molecular complexity index is 823. The Morgan fingerprint density at radius 2 is 1.74 bits per heavy atom. The van der Waals surface area contributed by atoms with Crippen molar-refractivity contribution in [2.24, 2.45) is 0 Å². The number of hydrogen-bond acceptors (Lipinski definition) is 1. The topological polar surface area (TPSA) is 17.0 Å². The Morgan fingerprint density at radius 3 is 2.39 bits per heavy atom. The fourth-order valence-corrected chi connectivity index (χ4v) is 3.34. The van der Waals surface area contributed by atoms with Gasteiger partial charge in [-0.25, -0.2) is 0 Å². The SMILES string of the molecule is CNCc1cc(-c2ccc(Cl)cc2Cl)n(-c2ccccc2)c1C. The molecule has 0 aliphatic carbocycles. The van der Waals surface area contributed by atoms with E-state index in [0.717, 1.165) is 23.5 Å². The smallest absolute Gasteiger partial charge is 0.0549 e. The molecule has 1 aromatic heterocycles. The van der Waals surface area contributed by atoms with E-state index in [1.807, 2.05) is 37.4 Å². The number of para-hydroxylation sites is 1. The maximum absolute atomic E-state index is 6.45. The summed E-state index contributed by atoms with van der Waals surface area (Å²) in [5.74, 6) is 0. The minimum atomic E-state index is 0.642. The molecule has 2 nitrogen and oxygen atoms in total. The van der Waals surface area contributed by atoms with Gasteiger partial charge in [0.2, 0.25) is 0 Å². The van der Waals surface area contributed by atoms with E-state index < -0.39 is 0 Å². The first-order valence-corrected chi connectivity index (χ1v) is 8.24. The number of nitrogens with zero attached hydrogens (tertiary/aromatic N) is 1. The number of hydrogen-bond donors (Lipinski definition) is 1. The second-order valence-electron chi connectivity index (χ2n) is 5.47. The van der Waals surface area contributed by atoms with Gasteiger partial charge in [-0.2, -0.15) is 0 Å². The normalized spacial score (nSPS) is 11.0. The second-order valence-corrected chi connectivity index (χ2v) is 6.31. The summed E-state index contributed by atoms with van der Waals surface area (Å²) in [5, 5.41) is 4.52. The van der Waals surface area contributed by atoms with Crippen molar-refractivity contribution in [2.45, 2.75) is 13.5 Å². The van der Waals surface area contributed by atoms with Crippen LogP contribution >= 0.6 is 23.2 Å². The minimum Gasteiger partial charge on any atom is -0.316 e. The lowest BCUT2D eigenvalue weighted by Gasteiger charge is -2.13. The Labute approximate surface area is 146 Å². The predicted octanol–water partition coefficient (Wildman–Crippen LogP) is 5.48. The summed E-state index contributed by atoms with van der Waals surface area (Å²) in [5.41, 5.74) is 5.61. The van der Waals surface area contributed by atoms with Crippen LogP contribution in [0.1, 0.15) is 11.3 Å². The van der Waals surface area contributed by atoms with E-state index in [1.165, 1.54) is 11.3 Å². The number of halogens is 2. The van der Waals surface area contributed by atoms with Gasteiger partial charge in [0.05, 0.1) is 10.7 Å². The number of aromatic nitrogens is 1. The van der Waals surface area contributed by atoms with Crippen molar-refractivity contribution < 1.29 is 0 Å². The van der Waals surface area contributed by atoms with Gasteiger partial charge in [0.25, 0.3) is 0 Å². The van der Waals surface area contributed by atoms with Gasteiger partial charge in [0.1, 0.15) is 0 Å². The van der Waals surface area contributed by atoms with Crippen LogP contribution in [0, 0.1) is 6.92 Å². The first-order chi connectivity index (χ1) is 11.1. The first-order valence-electron chi connectivity index (χ1n) is 7.48. The molecule has 0 saturated heterocycles. The highest BCUT2D eigenvalue weighted by Gasteiger charge is 2.16. The quantitative estimate of drug-likeness (QED) is 0.663. The van der Waals surface area contributed by atoms with Gasteiger partial charge in [-0.3, -0.25) is 0 Å². The molecule has 0 spiro atoms. The minimum absolute atomic E-state index is 0.642. The summed E-state index contributed by atoms with van der Waals surface area (Å²) in [4.78, 5) is 0. The molecule has 2 aromatic carbocycles. The zero-order valence-corrected chi connectivity index (χ0v) is 14.6. The summed E-state index contributed by atoms with van der Waals surface area (Å²) < 4.78 is 2.24. The summed E-state index contributed by atoms with van der Waals surface area (Å²) in [6.07, 6.45) is 0. The number of benzene rings is 2. The average molecular weight is 345 g/mol. The van der Waals surface area contributed by atoms with Crippen LogP contribution in [0.4, 0.5) is 0 Å². The Balaban J connectivity index is 2.25. The van der Waals surface area contributed by atoms with E-state index in [9.17, 15) is 0 Å². The lowest BCUT2D eigenvalue weighted by atomic mass is 10.1. The molecule has 0 radical (unpaired) electrons. The molecule has 0 saturated carbocycles. The fourth-order valence-electron chi connectivity index (χ4n) is 2.83. The van der Waals surface area contributed by atoms with Gasteiger partial charge in [-0.15, -0.1) is 0 Å². The van der Waals surface area contributed by atoms with Crippen LogP contribution in [0.25, 0.3) is 16.9 Å². The molecule has 0 aliphatic rings. The van der Waals surface area contributed by atoms with Crippen molar-refractivity contribution in [3.8, 4) is 16.9 Å². The van der Waals surface area contributed by atoms with Gasteiger partial charge in [-0.1, -0.05) is 41.4 Å². The maximum Gasteiger partial charge on any atom is 0.0549 e. The predicted molar refractivity (Wildman–Crippen MR) is 98.7 cm³/mol. The Hall–Kier alpha value is -1.74. The molecule has 0 unspecified atom stereocenters. The van der Waals surface area contributed by atoms with Crippen molar-refractivity contribution in [1.82, 2.24) is 9.88 Å². The van der Waals surface area contributed by atoms with Gasteiger partial charge in [0, 0.05) is 28.5 Å². The lowest BCUT2D eigenvalue weighted by Crippen LogP contribution is -2.06. The highest BCUT2D eigenvalue weighted by Crippen LogP contribution is 2.35. The van der Waals surface area contributed by atoms with Crippen LogP contribution in [0.3, 0.4) is 0 Å². The lowest BCUT2D eigenvalue weighted by molar-refractivity contribution is 0.807. The highest BCUT2D eigenvalue weighted by atomic mass is 35.5. The third-order valence-corrected chi connectivity index (χ3v) is 4.49. The third kappa shape index (κ3) is 3.16. The molecule has 3 aromatic rings. The maximum atomic E-state index is 6.45. The molecule has 0 bridgehead atoms. The third-order valence-electron chi connectivity index (χ3n) is 3.94. The molecular formula is C19H18Cl2N2. The molecule has 3 rings (SSSR count). The van der Waals surface area contributed by atoms with Crippen LogP contribution in [-0.2, 0) is 6.54 Å². The summed E-state index contributed by atoms with van der Waals surface area (Å²) in [7, 11) is 1.95. The highest BCUT2D eigenvalue weighted by molar-refractivity contribution is 6.36. The molecule has 23 heavy (non-hydrogen) atoms. The van der Waals surface area contributed by atoms with E-state index in [0.29, 0.717) is 10.0 Å². The van der Waals surface area contributed by atoms with Gasteiger partial charge < -0.3 is 9.88 Å². The summed E-state index contributed by atoms with van der Waals surface area (Å²) in [6, 6.07) is 18.1. The van der Waals surface area contributed by atoms with Gasteiger partial charge in [0.15, 0.2) is 0 Å². The number of rotatable bonds is 4. The molecule has 1 N–H and O–H groups in total. The van der Waals surface area contributed by atoms with Crippen LogP contribution in [0.5, 0.6) is 0 Å². The second kappa shape index (κ2) is 6.79. The van der Waals surface area contributed by atoms with Crippen molar-refractivity contribution >= 4 is 23.2 Å². The monoisotopic (exact) mass is 344 g/mol. The summed E-state index contributed by atoms with van der Waals surface area (Å²) >= 11 is 12.5. The van der Waals surface area contributed by atoms with Crippen molar-refractivity contribution in [3.05, 3.63) is 75.9 Å². The molecule has 0 aliphatic heterocycles. The molecule has 0 amide bonds. The van der Waals surface area contributed by atoms with Crippen molar-refractivity contribution in [3.63, 3.8) is 0 Å². The number of nitrogens with one attached hydrogen (secondary N) is 1. The zero-order valence-electron chi connectivity index (χ0n) is 13.1. The Morgan fingerprint density at radius 1 is 1.00 bits per heavy atom. The largest absolute Gasteiger partial charge is 0.316 e. The van der Waals surface area contributed by atoms with Crippen LogP contribution < -0.4 is 5.32 Å². The van der Waals surface area contributed by atoms with E-state index >= 15 is 0 Å². The van der Waals surface area contributed by atoms with Crippen molar-refractivity contribution in [1.29, 1.82) is 0 Å². The van der Waals surface area contributed by atoms with E-state index in [-0.39, 0.29) is 0 Å². The Kier molecular flexibility index (Phi) is 4.76. The van der Waals surface area contributed by atoms with Crippen LogP contribution in [-0.4, -0.2) is 11.6 Å². The molecule has 0 atom stereocenters. The van der Waals surface area contributed by atoms with Gasteiger partial charge in [-0.05, 0) is 55.9 Å². The zero-order chi connectivity index (χ0) is 16.4. The molecule has 118 valence electrons. The molecule has 1 heterocycles. The molecule has 4 heteroatoms. The van der Waals surface area contributed by atoms with E-state index in [1.54, 1.807) is 6.07 Å². The van der Waals surface area contributed by atoms with E-state index in [4.69, 9.17) is 23.2 Å². The van der Waals surface area contributed by atoms with Crippen molar-refractivity contribution in [2.75, 3.05) is 7.05 Å². The first kappa shape index (κ1) is 16.1.